The molecule has 0 spiro atoms. The smallest absolute Gasteiger partial charge is 0.246 e. The highest BCUT2D eigenvalue weighted by Crippen LogP contribution is 2.28. The molecule has 2 aromatic rings. The molecule has 0 aromatic heterocycles. The molecule has 4 heteroatoms. The number of nitrogens with zero attached hydrogens (tertiary/aromatic N) is 2. The molecule has 1 saturated heterocycles. The van der Waals surface area contributed by atoms with Gasteiger partial charge in [0.05, 0.1) is 7.11 Å². The van der Waals surface area contributed by atoms with Gasteiger partial charge in [0.2, 0.25) is 5.91 Å². The summed E-state index contributed by atoms with van der Waals surface area (Å²) in [5, 5.41) is 0. The van der Waals surface area contributed by atoms with Gasteiger partial charge >= 0.3 is 0 Å². The maximum absolute atomic E-state index is 12.7. The summed E-state index contributed by atoms with van der Waals surface area (Å²) in [7, 11) is 3.60. The van der Waals surface area contributed by atoms with E-state index in [2.05, 4.69) is 29.2 Å². The van der Waals surface area contributed by atoms with E-state index < -0.39 is 0 Å². The van der Waals surface area contributed by atoms with Crippen LogP contribution in [0, 0.1) is 0 Å². The Kier molecular flexibility index (Phi) is 6.00. The number of carbonyl (C=O) groups is 1. The van der Waals surface area contributed by atoms with Crippen LogP contribution in [0.15, 0.2) is 54.6 Å². The fraction of sp³-hybridized carbons (Fsp3) is 0.400. The van der Waals surface area contributed by atoms with Crippen LogP contribution in [0.25, 0.3) is 6.08 Å². The number of fused-ring (bicyclic) bond motifs is 1. The number of hydrogen-bond donors (Lipinski definition) is 0. The summed E-state index contributed by atoms with van der Waals surface area (Å²) in [6.45, 7) is 2.11. The average Bonchev–Trinajstić information content (AvgIpc) is 3.22. The molecular formula is C25H30N2O2. The molecule has 1 amide bonds. The molecule has 2 aromatic carbocycles. The van der Waals surface area contributed by atoms with Gasteiger partial charge < -0.3 is 9.64 Å². The first-order chi connectivity index (χ1) is 14.1. The van der Waals surface area contributed by atoms with Gasteiger partial charge in [0.25, 0.3) is 0 Å². The normalized spacial score (nSPS) is 20.0. The van der Waals surface area contributed by atoms with E-state index >= 15 is 0 Å². The number of carbonyl (C=O) groups excluding carboxylic acids is 1. The monoisotopic (exact) mass is 390 g/mol. The van der Waals surface area contributed by atoms with Crippen LogP contribution in [-0.4, -0.2) is 55.0 Å². The van der Waals surface area contributed by atoms with Crippen LogP contribution in [0.5, 0.6) is 5.75 Å². The van der Waals surface area contributed by atoms with Gasteiger partial charge in [-0.3, -0.25) is 9.69 Å². The number of piperidine rings is 1. The van der Waals surface area contributed by atoms with Gasteiger partial charge in [0, 0.05) is 31.8 Å². The van der Waals surface area contributed by atoms with E-state index in [4.69, 9.17) is 4.74 Å². The SMILES string of the molecule is COc1ccc(/C=C/C(=O)N(C)C2CCCN(C3Cc4ccccc4C3)C2)cc1. The lowest BCUT2D eigenvalue weighted by atomic mass is 10.0. The second kappa shape index (κ2) is 8.83. The largest absolute Gasteiger partial charge is 0.497 e. The minimum Gasteiger partial charge on any atom is -0.497 e. The first-order valence-corrected chi connectivity index (χ1v) is 10.5. The molecule has 1 fully saturated rings. The van der Waals surface area contributed by atoms with E-state index in [9.17, 15) is 4.79 Å². The molecule has 152 valence electrons. The van der Waals surface area contributed by atoms with Crippen LogP contribution in [0.1, 0.15) is 29.5 Å². The minimum absolute atomic E-state index is 0.0716. The Balaban J connectivity index is 1.35. The topological polar surface area (TPSA) is 32.8 Å². The fourth-order valence-corrected chi connectivity index (χ4v) is 4.60. The number of rotatable bonds is 5. The van der Waals surface area contributed by atoms with Gasteiger partial charge in [-0.05, 0) is 67.1 Å². The summed E-state index contributed by atoms with van der Waals surface area (Å²) in [6, 6.07) is 17.4. The molecule has 0 N–H and O–H groups in total. The Morgan fingerprint density at radius 3 is 2.45 bits per heavy atom. The van der Waals surface area contributed by atoms with Crippen LogP contribution in [-0.2, 0) is 17.6 Å². The second-order valence-electron chi connectivity index (χ2n) is 8.18. The molecule has 29 heavy (non-hydrogen) atoms. The van der Waals surface area contributed by atoms with E-state index in [1.54, 1.807) is 13.2 Å². The highest BCUT2D eigenvalue weighted by Gasteiger charge is 2.32. The van der Waals surface area contributed by atoms with Crippen molar-refractivity contribution in [3.05, 3.63) is 71.3 Å². The van der Waals surface area contributed by atoms with Gasteiger partial charge in [-0.15, -0.1) is 0 Å². The summed E-state index contributed by atoms with van der Waals surface area (Å²) in [4.78, 5) is 17.3. The van der Waals surface area contributed by atoms with Crippen molar-refractivity contribution in [2.24, 2.45) is 0 Å². The molecule has 2 aliphatic rings. The number of benzene rings is 2. The van der Waals surface area contributed by atoms with E-state index in [1.807, 2.05) is 42.3 Å². The van der Waals surface area contributed by atoms with Crippen molar-refractivity contribution in [1.29, 1.82) is 0 Å². The van der Waals surface area contributed by atoms with Crippen LogP contribution < -0.4 is 4.74 Å². The third-order valence-electron chi connectivity index (χ3n) is 6.40. The Hall–Kier alpha value is -2.59. The molecular weight excluding hydrogens is 360 g/mol. The van der Waals surface area contributed by atoms with Crippen LogP contribution in [0.3, 0.4) is 0 Å². The van der Waals surface area contributed by atoms with Gasteiger partial charge in [-0.2, -0.15) is 0 Å². The Bertz CT molecular complexity index is 850. The number of hydrogen-bond acceptors (Lipinski definition) is 3. The summed E-state index contributed by atoms with van der Waals surface area (Å²) in [5.41, 5.74) is 3.99. The van der Waals surface area contributed by atoms with Crippen molar-refractivity contribution in [2.45, 2.75) is 37.8 Å². The van der Waals surface area contributed by atoms with Crippen LogP contribution in [0.2, 0.25) is 0 Å². The first-order valence-electron chi connectivity index (χ1n) is 10.5. The zero-order valence-corrected chi connectivity index (χ0v) is 17.4. The van der Waals surface area contributed by atoms with Crippen molar-refractivity contribution < 1.29 is 9.53 Å². The highest BCUT2D eigenvalue weighted by atomic mass is 16.5. The van der Waals surface area contributed by atoms with Crippen molar-refractivity contribution in [1.82, 2.24) is 9.80 Å². The minimum atomic E-state index is 0.0716. The number of ether oxygens (including phenoxy) is 1. The zero-order valence-electron chi connectivity index (χ0n) is 17.4. The Morgan fingerprint density at radius 2 is 1.79 bits per heavy atom. The third kappa shape index (κ3) is 4.54. The average molecular weight is 391 g/mol. The first kappa shape index (κ1) is 19.7. The molecule has 1 unspecified atom stereocenters. The molecule has 4 rings (SSSR count). The fourth-order valence-electron chi connectivity index (χ4n) is 4.60. The molecule has 1 heterocycles. The molecule has 1 aliphatic carbocycles. The summed E-state index contributed by atoms with van der Waals surface area (Å²) >= 11 is 0. The molecule has 0 bridgehead atoms. The summed E-state index contributed by atoms with van der Waals surface area (Å²) < 4.78 is 5.18. The number of methoxy groups -OCH3 is 1. The van der Waals surface area contributed by atoms with E-state index in [-0.39, 0.29) is 11.9 Å². The van der Waals surface area contributed by atoms with Crippen molar-refractivity contribution in [3.8, 4) is 5.75 Å². The Morgan fingerprint density at radius 1 is 1.10 bits per heavy atom. The lowest BCUT2D eigenvalue weighted by molar-refractivity contribution is -0.127. The third-order valence-corrected chi connectivity index (χ3v) is 6.40. The molecule has 1 atom stereocenters. The van der Waals surface area contributed by atoms with Gasteiger partial charge in [-0.25, -0.2) is 0 Å². The highest BCUT2D eigenvalue weighted by molar-refractivity contribution is 5.91. The molecule has 4 nitrogen and oxygen atoms in total. The summed E-state index contributed by atoms with van der Waals surface area (Å²) in [6.07, 6.45) is 8.07. The van der Waals surface area contributed by atoms with Crippen LogP contribution >= 0.6 is 0 Å². The maximum atomic E-state index is 12.7. The second-order valence-corrected chi connectivity index (χ2v) is 8.18. The predicted molar refractivity (Wildman–Crippen MR) is 117 cm³/mol. The van der Waals surface area contributed by atoms with Crippen molar-refractivity contribution >= 4 is 12.0 Å². The van der Waals surface area contributed by atoms with Crippen molar-refractivity contribution in [2.75, 3.05) is 27.2 Å². The number of likely N-dealkylation sites (tertiary alicyclic amines) is 1. The maximum Gasteiger partial charge on any atom is 0.246 e. The lowest BCUT2D eigenvalue weighted by Crippen LogP contribution is -2.51. The zero-order chi connectivity index (χ0) is 20.2. The number of likely N-dealkylation sites (N-methyl/N-ethyl adjacent to an activating group) is 1. The van der Waals surface area contributed by atoms with Crippen LogP contribution in [0.4, 0.5) is 0 Å². The molecule has 1 aliphatic heterocycles. The predicted octanol–water partition coefficient (Wildman–Crippen LogP) is 3.80. The van der Waals surface area contributed by atoms with E-state index in [1.165, 1.54) is 11.1 Å². The quantitative estimate of drug-likeness (QED) is 0.728. The van der Waals surface area contributed by atoms with Gasteiger partial charge in [0.15, 0.2) is 0 Å². The standard InChI is InChI=1S/C25H30N2O2/c1-26(25(28)14-11-19-9-12-24(29-2)13-10-19)22-8-5-15-27(18-22)23-16-20-6-3-4-7-21(20)17-23/h3-4,6-7,9-14,22-23H,5,8,15-18H2,1-2H3/b14-11+. The lowest BCUT2D eigenvalue weighted by Gasteiger charge is -2.40. The van der Waals surface area contributed by atoms with E-state index in [0.717, 1.165) is 50.1 Å². The summed E-state index contributed by atoms with van der Waals surface area (Å²) in [5.74, 6) is 0.893. The molecule has 0 radical (unpaired) electrons. The van der Waals surface area contributed by atoms with Crippen molar-refractivity contribution in [3.63, 3.8) is 0 Å². The van der Waals surface area contributed by atoms with Gasteiger partial charge in [0.1, 0.15) is 5.75 Å². The van der Waals surface area contributed by atoms with Gasteiger partial charge in [-0.1, -0.05) is 36.4 Å². The van der Waals surface area contributed by atoms with E-state index in [0.29, 0.717) is 6.04 Å². The number of amides is 1. The Labute approximate surface area is 173 Å². The molecule has 0 saturated carbocycles.